The number of hydrogen-bond donors (Lipinski definition) is 0. The van der Waals surface area contributed by atoms with Crippen molar-refractivity contribution in [1.29, 1.82) is 0 Å². The zero-order valence-corrected chi connectivity index (χ0v) is 9.19. The average Bonchev–Trinajstić information content (AvgIpc) is 2.50. The molecule has 0 radical (unpaired) electrons. The summed E-state index contributed by atoms with van der Waals surface area (Å²) < 4.78 is 0.667. The van der Waals surface area contributed by atoms with Crippen LogP contribution in [0.25, 0.3) is 0 Å². The molecule has 11 heavy (non-hydrogen) atoms. The minimum Gasteiger partial charge on any atom is -0.0939 e. The lowest BCUT2D eigenvalue weighted by Gasteiger charge is -2.25. The van der Waals surface area contributed by atoms with E-state index in [1.165, 1.54) is 37.9 Å². The molecule has 0 spiro atoms. The lowest BCUT2D eigenvalue weighted by atomic mass is 10.0. The Morgan fingerprint density at radius 3 is 2.27 bits per heavy atom. The Kier molecular flexibility index (Phi) is 4.14. The van der Waals surface area contributed by atoms with Crippen molar-refractivity contribution in [2.75, 3.05) is 5.75 Å². The molecule has 0 amide bonds. The highest BCUT2D eigenvalue weighted by Crippen LogP contribution is 2.49. The molecule has 0 aromatic heterocycles. The fourth-order valence-corrected chi connectivity index (χ4v) is 4.60. The molecule has 0 atom stereocenters. The summed E-state index contributed by atoms with van der Waals surface area (Å²) in [5.74, 6) is 1.26. The highest BCUT2D eigenvalue weighted by molar-refractivity contribution is 8.77. The van der Waals surface area contributed by atoms with Gasteiger partial charge < -0.3 is 0 Å². The van der Waals surface area contributed by atoms with Gasteiger partial charge in [0.15, 0.2) is 0 Å². The third-order valence-electron chi connectivity index (χ3n) is 2.51. The maximum atomic E-state index is 2.34. The summed E-state index contributed by atoms with van der Waals surface area (Å²) in [7, 11) is 4.19. The largest absolute Gasteiger partial charge is 0.0939 e. The SMILES string of the molecule is CCSSC1(CC)CCCC1. The van der Waals surface area contributed by atoms with E-state index in [2.05, 4.69) is 24.6 Å². The van der Waals surface area contributed by atoms with Gasteiger partial charge in [0.1, 0.15) is 0 Å². The zero-order valence-electron chi connectivity index (χ0n) is 7.56. The van der Waals surface area contributed by atoms with E-state index in [0.29, 0.717) is 4.75 Å². The van der Waals surface area contributed by atoms with E-state index < -0.39 is 0 Å². The summed E-state index contributed by atoms with van der Waals surface area (Å²) in [5, 5.41) is 0. The third-order valence-corrected chi connectivity index (χ3v) is 6.04. The monoisotopic (exact) mass is 190 g/mol. The van der Waals surface area contributed by atoms with Gasteiger partial charge in [0.25, 0.3) is 0 Å². The van der Waals surface area contributed by atoms with Crippen molar-refractivity contribution in [1.82, 2.24) is 0 Å². The highest BCUT2D eigenvalue weighted by atomic mass is 33.1. The second-order valence-electron chi connectivity index (χ2n) is 3.23. The molecule has 66 valence electrons. The minimum atomic E-state index is 0.667. The van der Waals surface area contributed by atoms with Gasteiger partial charge in [-0.05, 0) is 19.3 Å². The van der Waals surface area contributed by atoms with Crippen molar-refractivity contribution in [3.8, 4) is 0 Å². The predicted molar refractivity (Wildman–Crippen MR) is 57.2 cm³/mol. The molecular weight excluding hydrogens is 172 g/mol. The molecule has 0 N–H and O–H groups in total. The number of rotatable bonds is 4. The van der Waals surface area contributed by atoms with Crippen LogP contribution in [0.1, 0.15) is 46.0 Å². The Bertz CT molecular complexity index is 106. The Balaban J connectivity index is 2.33. The second kappa shape index (κ2) is 4.66. The molecule has 0 saturated heterocycles. The molecule has 1 aliphatic rings. The van der Waals surface area contributed by atoms with E-state index in [1.54, 1.807) is 0 Å². The van der Waals surface area contributed by atoms with Crippen molar-refractivity contribution in [2.45, 2.75) is 50.7 Å². The van der Waals surface area contributed by atoms with Crippen LogP contribution in [-0.4, -0.2) is 10.5 Å². The van der Waals surface area contributed by atoms with Crippen LogP contribution in [0.4, 0.5) is 0 Å². The first-order chi connectivity index (χ1) is 5.33. The van der Waals surface area contributed by atoms with Gasteiger partial charge in [-0.1, -0.05) is 48.3 Å². The van der Waals surface area contributed by atoms with Gasteiger partial charge in [0.05, 0.1) is 0 Å². The molecule has 0 nitrogen and oxygen atoms in total. The minimum absolute atomic E-state index is 0.667. The van der Waals surface area contributed by atoms with Gasteiger partial charge in [-0.2, -0.15) is 0 Å². The molecule has 0 bridgehead atoms. The van der Waals surface area contributed by atoms with E-state index in [0.717, 1.165) is 0 Å². The summed E-state index contributed by atoms with van der Waals surface area (Å²) in [4.78, 5) is 0. The van der Waals surface area contributed by atoms with Gasteiger partial charge in [-0.25, -0.2) is 0 Å². The average molecular weight is 190 g/mol. The van der Waals surface area contributed by atoms with E-state index in [-0.39, 0.29) is 0 Å². The van der Waals surface area contributed by atoms with Crippen LogP contribution in [0, 0.1) is 0 Å². The van der Waals surface area contributed by atoms with Gasteiger partial charge in [-0.15, -0.1) is 0 Å². The maximum Gasteiger partial charge on any atom is 0.0261 e. The molecule has 0 aromatic rings. The van der Waals surface area contributed by atoms with Crippen molar-refractivity contribution in [2.24, 2.45) is 0 Å². The van der Waals surface area contributed by atoms with Crippen molar-refractivity contribution < 1.29 is 0 Å². The van der Waals surface area contributed by atoms with Crippen LogP contribution in [0.3, 0.4) is 0 Å². The molecule has 1 fully saturated rings. The molecule has 0 unspecified atom stereocenters. The lowest BCUT2D eigenvalue weighted by Crippen LogP contribution is -2.16. The molecule has 1 saturated carbocycles. The van der Waals surface area contributed by atoms with Crippen molar-refractivity contribution >= 4 is 21.6 Å². The van der Waals surface area contributed by atoms with Crippen LogP contribution in [-0.2, 0) is 0 Å². The lowest BCUT2D eigenvalue weighted by molar-refractivity contribution is 0.592. The summed E-state index contributed by atoms with van der Waals surface area (Å²) in [6.07, 6.45) is 7.21. The smallest absolute Gasteiger partial charge is 0.0261 e. The summed E-state index contributed by atoms with van der Waals surface area (Å²) >= 11 is 0. The third kappa shape index (κ3) is 2.59. The normalized spacial score (nSPS) is 22.4. The Hall–Kier alpha value is 0.700. The van der Waals surface area contributed by atoms with E-state index in [1.807, 2.05) is 10.8 Å². The van der Waals surface area contributed by atoms with Crippen LogP contribution in [0.2, 0.25) is 0 Å². The quantitative estimate of drug-likeness (QED) is 0.612. The molecule has 1 rings (SSSR count). The molecule has 0 heterocycles. The van der Waals surface area contributed by atoms with Gasteiger partial charge >= 0.3 is 0 Å². The predicted octanol–water partition coefficient (Wildman–Crippen LogP) is 4.11. The first-order valence-electron chi connectivity index (χ1n) is 4.63. The number of hydrogen-bond acceptors (Lipinski definition) is 2. The fraction of sp³-hybridized carbons (Fsp3) is 1.00. The van der Waals surface area contributed by atoms with Gasteiger partial charge in [-0.3, -0.25) is 0 Å². The first-order valence-corrected chi connectivity index (χ1v) is 6.95. The van der Waals surface area contributed by atoms with Gasteiger partial charge in [0.2, 0.25) is 0 Å². The van der Waals surface area contributed by atoms with Crippen LogP contribution in [0.15, 0.2) is 0 Å². The fourth-order valence-electron chi connectivity index (χ4n) is 1.70. The van der Waals surface area contributed by atoms with Crippen molar-refractivity contribution in [3.05, 3.63) is 0 Å². The van der Waals surface area contributed by atoms with Crippen LogP contribution < -0.4 is 0 Å². The Morgan fingerprint density at radius 1 is 1.18 bits per heavy atom. The topological polar surface area (TPSA) is 0 Å². The summed E-state index contributed by atoms with van der Waals surface area (Å²) in [5.41, 5.74) is 0. The molecular formula is C9H18S2. The molecule has 2 heteroatoms. The zero-order chi connectivity index (χ0) is 8.16. The van der Waals surface area contributed by atoms with E-state index in [9.17, 15) is 0 Å². The van der Waals surface area contributed by atoms with Crippen molar-refractivity contribution in [3.63, 3.8) is 0 Å². The molecule has 1 aliphatic carbocycles. The summed E-state index contributed by atoms with van der Waals surface area (Å²) in [6, 6.07) is 0. The Morgan fingerprint density at radius 2 is 1.82 bits per heavy atom. The van der Waals surface area contributed by atoms with E-state index >= 15 is 0 Å². The summed E-state index contributed by atoms with van der Waals surface area (Å²) in [6.45, 7) is 4.59. The highest BCUT2D eigenvalue weighted by Gasteiger charge is 2.32. The Labute approximate surface area is 78.3 Å². The van der Waals surface area contributed by atoms with E-state index in [4.69, 9.17) is 0 Å². The maximum absolute atomic E-state index is 2.34. The standard InChI is InChI=1S/C9H18S2/c1-3-9(11-10-4-2)7-5-6-8-9/h3-8H2,1-2H3. The first kappa shape index (κ1) is 9.79. The van der Waals surface area contributed by atoms with Gasteiger partial charge in [0, 0.05) is 10.5 Å². The molecule has 0 aliphatic heterocycles. The molecule has 0 aromatic carbocycles. The van der Waals surface area contributed by atoms with Crippen LogP contribution >= 0.6 is 21.6 Å². The second-order valence-corrected chi connectivity index (χ2v) is 6.29. The van der Waals surface area contributed by atoms with Crippen LogP contribution in [0.5, 0.6) is 0 Å².